The van der Waals surface area contributed by atoms with Crippen molar-refractivity contribution in [3.63, 3.8) is 0 Å². The van der Waals surface area contributed by atoms with Crippen LogP contribution in [0.25, 0.3) is 0 Å². The number of hydrogen-bond acceptors (Lipinski definition) is 4. The Kier molecular flexibility index (Phi) is 4.43. The first kappa shape index (κ1) is 15.0. The molecule has 0 saturated heterocycles. The predicted octanol–water partition coefficient (Wildman–Crippen LogP) is 3.12. The van der Waals surface area contributed by atoms with E-state index in [1.165, 1.54) is 32.1 Å². The molecular weight excluding hydrogens is 276 g/mol. The van der Waals surface area contributed by atoms with Crippen molar-refractivity contribution in [1.82, 2.24) is 14.8 Å². The first-order valence-corrected chi connectivity index (χ1v) is 8.03. The van der Waals surface area contributed by atoms with E-state index in [1.54, 1.807) is 0 Å². The number of aliphatic hydroxyl groups excluding tert-OH is 1. The smallest absolute Gasteiger partial charge is 0.231 e. The van der Waals surface area contributed by atoms with Crippen molar-refractivity contribution in [2.24, 2.45) is 7.05 Å². The van der Waals surface area contributed by atoms with Crippen LogP contribution in [-0.4, -0.2) is 26.9 Å². The third kappa shape index (κ3) is 2.86. The Balaban J connectivity index is 1.86. The van der Waals surface area contributed by atoms with Crippen molar-refractivity contribution in [1.29, 1.82) is 0 Å². The van der Waals surface area contributed by atoms with Gasteiger partial charge in [0, 0.05) is 25.7 Å². The van der Waals surface area contributed by atoms with Crippen LogP contribution in [0.1, 0.15) is 49.4 Å². The van der Waals surface area contributed by atoms with Crippen LogP contribution in [0.3, 0.4) is 0 Å². The van der Waals surface area contributed by atoms with Gasteiger partial charge in [-0.3, -0.25) is 4.57 Å². The van der Waals surface area contributed by atoms with E-state index in [0.29, 0.717) is 5.92 Å². The monoisotopic (exact) mass is 300 g/mol. The number of anilines is 2. The third-order valence-corrected chi connectivity index (χ3v) is 4.64. The number of benzene rings is 1. The second-order valence-electron chi connectivity index (χ2n) is 6.14. The van der Waals surface area contributed by atoms with Crippen LogP contribution >= 0.6 is 0 Å². The van der Waals surface area contributed by atoms with Crippen LogP contribution in [0.2, 0.25) is 0 Å². The second-order valence-corrected chi connectivity index (χ2v) is 6.14. The average molecular weight is 300 g/mol. The van der Waals surface area contributed by atoms with Crippen molar-refractivity contribution in [3.05, 3.63) is 35.7 Å². The SMILES string of the molecule is CN(c1cccc(CO)c1)c1nnc(C2CCCCC2)n1C. The highest BCUT2D eigenvalue weighted by Gasteiger charge is 2.23. The van der Waals surface area contributed by atoms with Crippen LogP contribution in [0.5, 0.6) is 0 Å². The number of rotatable bonds is 4. The molecule has 1 aliphatic carbocycles. The van der Waals surface area contributed by atoms with E-state index in [2.05, 4.69) is 14.8 Å². The Morgan fingerprint density at radius 3 is 2.73 bits per heavy atom. The fourth-order valence-electron chi connectivity index (χ4n) is 3.32. The van der Waals surface area contributed by atoms with E-state index in [1.807, 2.05) is 43.3 Å². The summed E-state index contributed by atoms with van der Waals surface area (Å²) in [5, 5.41) is 18.1. The van der Waals surface area contributed by atoms with Gasteiger partial charge in [0.25, 0.3) is 0 Å². The van der Waals surface area contributed by atoms with Crippen molar-refractivity contribution < 1.29 is 5.11 Å². The molecule has 3 rings (SSSR count). The summed E-state index contributed by atoms with van der Waals surface area (Å²) in [5.74, 6) is 2.48. The van der Waals surface area contributed by atoms with E-state index in [-0.39, 0.29) is 6.61 Å². The van der Waals surface area contributed by atoms with Gasteiger partial charge in [-0.25, -0.2) is 0 Å². The highest BCUT2D eigenvalue weighted by atomic mass is 16.3. The van der Waals surface area contributed by atoms with E-state index in [4.69, 9.17) is 0 Å². The summed E-state index contributed by atoms with van der Waals surface area (Å²) in [7, 11) is 4.04. The zero-order chi connectivity index (χ0) is 15.5. The molecule has 5 heteroatoms. The van der Waals surface area contributed by atoms with E-state index >= 15 is 0 Å². The van der Waals surface area contributed by atoms with Gasteiger partial charge in [-0.2, -0.15) is 0 Å². The average Bonchev–Trinajstić information content (AvgIpc) is 2.96. The fourth-order valence-corrected chi connectivity index (χ4v) is 3.32. The van der Waals surface area contributed by atoms with Crippen molar-refractivity contribution in [3.8, 4) is 0 Å². The number of aromatic nitrogens is 3. The van der Waals surface area contributed by atoms with Crippen LogP contribution in [-0.2, 0) is 13.7 Å². The van der Waals surface area contributed by atoms with Crippen molar-refractivity contribution >= 4 is 11.6 Å². The van der Waals surface area contributed by atoms with Gasteiger partial charge in [-0.1, -0.05) is 31.4 Å². The fraction of sp³-hybridized carbons (Fsp3) is 0.529. The molecule has 0 unspecified atom stereocenters. The quantitative estimate of drug-likeness (QED) is 0.942. The van der Waals surface area contributed by atoms with Crippen molar-refractivity contribution in [2.75, 3.05) is 11.9 Å². The number of aliphatic hydroxyl groups is 1. The molecule has 0 radical (unpaired) electrons. The molecule has 5 nitrogen and oxygen atoms in total. The normalized spacial score (nSPS) is 16.0. The first-order chi connectivity index (χ1) is 10.7. The van der Waals surface area contributed by atoms with E-state index < -0.39 is 0 Å². The summed E-state index contributed by atoms with van der Waals surface area (Å²) in [6.45, 7) is 0.0494. The molecule has 0 aliphatic heterocycles. The topological polar surface area (TPSA) is 54.2 Å². The van der Waals surface area contributed by atoms with Crippen LogP contribution in [0.15, 0.2) is 24.3 Å². The second kappa shape index (κ2) is 6.48. The third-order valence-electron chi connectivity index (χ3n) is 4.64. The molecule has 1 aromatic heterocycles. The highest BCUT2D eigenvalue weighted by molar-refractivity contribution is 5.57. The largest absolute Gasteiger partial charge is 0.392 e. The lowest BCUT2D eigenvalue weighted by atomic mass is 9.89. The predicted molar refractivity (Wildman–Crippen MR) is 87.3 cm³/mol. The zero-order valence-electron chi connectivity index (χ0n) is 13.4. The summed E-state index contributed by atoms with van der Waals surface area (Å²) in [5.41, 5.74) is 1.91. The molecule has 1 heterocycles. The molecule has 0 atom stereocenters. The van der Waals surface area contributed by atoms with Crippen LogP contribution in [0, 0.1) is 0 Å². The molecule has 0 spiro atoms. The molecular formula is C17H24N4O. The molecule has 22 heavy (non-hydrogen) atoms. The molecule has 118 valence electrons. The summed E-state index contributed by atoms with van der Waals surface area (Å²) >= 11 is 0. The van der Waals surface area contributed by atoms with Gasteiger partial charge in [-0.05, 0) is 30.5 Å². The maximum atomic E-state index is 9.29. The maximum absolute atomic E-state index is 9.29. The minimum absolute atomic E-state index is 0.0494. The summed E-state index contributed by atoms with van der Waals surface area (Å²) < 4.78 is 2.11. The number of hydrogen-bond donors (Lipinski definition) is 1. The van der Waals surface area contributed by atoms with Crippen LogP contribution < -0.4 is 4.90 Å². The molecule has 1 fully saturated rings. The minimum atomic E-state index is 0.0494. The van der Waals surface area contributed by atoms with Gasteiger partial charge >= 0.3 is 0 Å². The lowest BCUT2D eigenvalue weighted by Crippen LogP contribution is -2.16. The van der Waals surface area contributed by atoms with E-state index in [9.17, 15) is 5.11 Å². The summed E-state index contributed by atoms with van der Waals surface area (Å²) in [6, 6.07) is 7.88. The van der Waals surface area contributed by atoms with Gasteiger partial charge in [0.05, 0.1) is 6.61 Å². The molecule has 2 aromatic rings. The Morgan fingerprint density at radius 1 is 1.23 bits per heavy atom. The summed E-state index contributed by atoms with van der Waals surface area (Å²) in [6.07, 6.45) is 6.36. The van der Waals surface area contributed by atoms with Crippen LogP contribution in [0.4, 0.5) is 11.6 Å². The standard InChI is InChI=1S/C17H24N4O/c1-20(15-10-6-7-13(11-15)12-22)17-19-18-16(21(17)2)14-8-4-3-5-9-14/h6-7,10-11,14,22H,3-5,8-9,12H2,1-2H3. The van der Waals surface area contributed by atoms with Crippen molar-refractivity contribution in [2.45, 2.75) is 44.6 Å². The van der Waals surface area contributed by atoms with Gasteiger partial charge < -0.3 is 10.0 Å². The molecule has 0 amide bonds. The van der Waals surface area contributed by atoms with Gasteiger partial charge in [0.2, 0.25) is 5.95 Å². The highest BCUT2D eigenvalue weighted by Crippen LogP contribution is 2.33. The van der Waals surface area contributed by atoms with Gasteiger partial charge in [0.1, 0.15) is 5.82 Å². The van der Waals surface area contributed by atoms with Gasteiger partial charge in [-0.15, -0.1) is 10.2 Å². The Morgan fingerprint density at radius 2 is 2.00 bits per heavy atom. The Labute approximate surface area is 131 Å². The zero-order valence-corrected chi connectivity index (χ0v) is 13.4. The lowest BCUT2D eigenvalue weighted by molar-refractivity contribution is 0.282. The number of nitrogens with zero attached hydrogens (tertiary/aromatic N) is 4. The van der Waals surface area contributed by atoms with E-state index in [0.717, 1.165) is 23.0 Å². The summed E-state index contributed by atoms with van der Waals surface area (Å²) in [4.78, 5) is 2.03. The Bertz CT molecular complexity index is 631. The first-order valence-electron chi connectivity index (χ1n) is 8.03. The minimum Gasteiger partial charge on any atom is -0.392 e. The maximum Gasteiger partial charge on any atom is 0.231 e. The Hall–Kier alpha value is -1.88. The lowest BCUT2D eigenvalue weighted by Gasteiger charge is -2.22. The molecule has 1 aromatic carbocycles. The molecule has 1 saturated carbocycles. The van der Waals surface area contributed by atoms with Gasteiger partial charge in [0.15, 0.2) is 0 Å². The molecule has 1 N–H and O–H groups in total. The molecule has 0 bridgehead atoms. The molecule has 1 aliphatic rings.